The molecular weight excluding hydrogens is 354 g/mol. The van der Waals surface area contributed by atoms with Crippen molar-refractivity contribution >= 4 is 29.7 Å². The van der Waals surface area contributed by atoms with E-state index in [0.29, 0.717) is 17.9 Å². The van der Waals surface area contributed by atoms with Crippen LogP contribution in [-0.2, 0) is 24.4 Å². The molecule has 130 valence electrons. The summed E-state index contributed by atoms with van der Waals surface area (Å²) >= 11 is 1.32. The SMILES string of the molecule is Cl.N=c1sccn1CC(=O)N(Cc1ccccc1)Cc1ccccc1. The van der Waals surface area contributed by atoms with Crippen molar-refractivity contribution < 1.29 is 4.79 Å². The number of rotatable bonds is 6. The first kappa shape index (κ1) is 19.0. The molecule has 1 aromatic heterocycles. The summed E-state index contributed by atoms with van der Waals surface area (Å²) in [5.41, 5.74) is 2.20. The van der Waals surface area contributed by atoms with E-state index < -0.39 is 0 Å². The second kappa shape index (κ2) is 9.20. The highest BCUT2D eigenvalue weighted by molar-refractivity contribution is 7.06. The van der Waals surface area contributed by atoms with Crippen LogP contribution < -0.4 is 4.80 Å². The summed E-state index contributed by atoms with van der Waals surface area (Å²) in [5.74, 6) is 0.0135. The third kappa shape index (κ3) is 5.31. The van der Waals surface area contributed by atoms with E-state index in [2.05, 4.69) is 0 Å². The molecule has 0 bridgehead atoms. The zero-order valence-electron chi connectivity index (χ0n) is 13.7. The molecule has 0 aliphatic rings. The van der Waals surface area contributed by atoms with E-state index in [1.807, 2.05) is 70.9 Å². The van der Waals surface area contributed by atoms with E-state index in [-0.39, 0.29) is 24.9 Å². The standard InChI is InChI=1S/C19H19N3OS.ClH/c20-19-21(11-12-24-19)15-18(23)22(13-16-7-3-1-4-8-16)14-17-9-5-2-6-10-17;/h1-12,20H,13-15H2;1H. The minimum atomic E-state index is 0. The number of nitrogens with zero attached hydrogens (tertiary/aromatic N) is 2. The maximum absolute atomic E-state index is 12.8. The van der Waals surface area contributed by atoms with Gasteiger partial charge in [-0.05, 0) is 11.1 Å². The van der Waals surface area contributed by atoms with Crippen molar-refractivity contribution in [1.29, 1.82) is 5.41 Å². The van der Waals surface area contributed by atoms with Gasteiger partial charge in [-0.1, -0.05) is 60.7 Å². The predicted octanol–water partition coefficient (Wildman–Crippen LogP) is 3.68. The predicted molar refractivity (Wildman–Crippen MR) is 103 cm³/mol. The molecule has 3 rings (SSSR count). The van der Waals surface area contributed by atoms with Gasteiger partial charge in [0.2, 0.25) is 5.91 Å². The van der Waals surface area contributed by atoms with Crippen LogP contribution >= 0.6 is 23.7 Å². The van der Waals surface area contributed by atoms with Crippen LogP contribution in [0.5, 0.6) is 0 Å². The van der Waals surface area contributed by atoms with Crippen molar-refractivity contribution in [2.75, 3.05) is 0 Å². The zero-order valence-corrected chi connectivity index (χ0v) is 15.3. The van der Waals surface area contributed by atoms with Crippen molar-refractivity contribution in [1.82, 2.24) is 9.47 Å². The summed E-state index contributed by atoms with van der Waals surface area (Å²) < 4.78 is 1.68. The molecule has 25 heavy (non-hydrogen) atoms. The molecule has 0 radical (unpaired) electrons. The number of aromatic nitrogens is 1. The van der Waals surface area contributed by atoms with Crippen LogP contribution in [0, 0.1) is 5.41 Å². The van der Waals surface area contributed by atoms with Crippen LogP contribution in [0.4, 0.5) is 0 Å². The second-order valence-electron chi connectivity index (χ2n) is 5.56. The summed E-state index contributed by atoms with van der Waals surface area (Å²) in [6.45, 7) is 1.32. The molecule has 0 atom stereocenters. The molecule has 2 aromatic carbocycles. The van der Waals surface area contributed by atoms with Crippen LogP contribution in [0.3, 0.4) is 0 Å². The maximum Gasteiger partial charge on any atom is 0.243 e. The van der Waals surface area contributed by atoms with Crippen LogP contribution in [0.15, 0.2) is 72.2 Å². The van der Waals surface area contributed by atoms with Gasteiger partial charge in [0.05, 0.1) is 0 Å². The molecule has 0 aliphatic heterocycles. The summed E-state index contributed by atoms with van der Waals surface area (Å²) in [5, 5.41) is 9.67. The Morgan fingerprint density at radius 3 is 1.92 bits per heavy atom. The normalized spacial score (nSPS) is 10.1. The van der Waals surface area contributed by atoms with Gasteiger partial charge in [-0.3, -0.25) is 10.2 Å². The number of benzene rings is 2. The van der Waals surface area contributed by atoms with Gasteiger partial charge < -0.3 is 9.47 Å². The first-order chi connectivity index (χ1) is 11.7. The Bertz CT molecular complexity index is 804. The van der Waals surface area contributed by atoms with E-state index in [1.165, 1.54) is 11.3 Å². The summed E-state index contributed by atoms with van der Waals surface area (Å²) in [6, 6.07) is 20.0. The Balaban J connectivity index is 0.00000225. The van der Waals surface area contributed by atoms with Gasteiger partial charge in [-0.15, -0.1) is 23.7 Å². The first-order valence-electron chi connectivity index (χ1n) is 7.76. The van der Waals surface area contributed by atoms with Crippen LogP contribution in [0.25, 0.3) is 0 Å². The molecule has 3 aromatic rings. The average Bonchev–Trinajstić information content (AvgIpc) is 3.01. The number of amides is 1. The quantitative estimate of drug-likeness (QED) is 0.704. The minimum absolute atomic E-state index is 0. The van der Waals surface area contributed by atoms with E-state index in [1.54, 1.807) is 10.8 Å². The Hall–Kier alpha value is -2.37. The van der Waals surface area contributed by atoms with Gasteiger partial charge >= 0.3 is 0 Å². The number of halogens is 1. The first-order valence-corrected chi connectivity index (χ1v) is 8.64. The fourth-order valence-electron chi connectivity index (χ4n) is 2.51. The van der Waals surface area contributed by atoms with Crippen molar-refractivity contribution in [3.8, 4) is 0 Å². The van der Waals surface area contributed by atoms with Gasteiger partial charge in [0.1, 0.15) is 6.54 Å². The molecule has 1 amide bonds. The molecule has 4 nitrogen and oxygen atoms in total. The molecule has 0 fully saturated rings. The van der Waals surface area contributed by atoms with Gasteiger partial charge in [0, 0.05) is 24.7 Å². The van der Waals surface area contributed by atoms with E-state index >= 15 is 0 Å². The second-order valence-corrected chi connectivity index (χ2v) is 6.45. The zero-order chi connectivity index (χ0) is 16.8. The van der Waals surface area contributed by atoms with Gasteiger partial charge in [-0.2, -0.15) is 0 Å². The van der Waals surface area contributed by atoms with Crippen LogP contribution in [0.2, 0.25) is 0 Å². The monoisotopic (exact) mass is 373 g/mol. The lowest BCUT2D eigenvalue weighted by molar-refractivity contribution is -0.133. The Kier molecular flexibility index (Phi) is 6.98. The highest BCUT2D eigenvalue weighted by atomic mass is 35.5. The molecule has 0 spiro atoms. The Labute approximate surface area is 157 Å². The molecular formula is C19H20ClN3OS. The molecule has 1 heterocycles. The van der Waals surface area contributed by atoms with Crippen molar-refractivity contribution in [2.45, 2.75) is 19.6 Å². The average molecular weight is 374 g/mol. The number of carbonyl (C=O) groups is 1. The lowest BCUT2D eigenvalue weighted by atomic mass is 10.1. The van der Waals surface area contributed by atoms with Gasteiger partial charge in [0.15, 0.2) is 4.80 Å². The van der Waals surface area contributed by atoms with Gasteiger partial charge in [0.25, 0.3) is 0 Å². The Morgan fingerprint density at radius 1 is 0.960 bits per heavy atom. The number of carbonyl (C=O) groups excluding carboxylic acids is 1. The van der Waals surface area contributed by atoms with Crippen molar-refractivity contribution in [2.24, 2.45) is 0 Å². The molecule has 6 heteroatoms. The molecule has 0 saturated carbocycles. The fraction of sp³-hybridized carbons (Fsp3) is 0.158. The number of thiazole rings is 1. The van der Waals surface area contributed by atoms with Crippen LogP contribution in [-0.4, -0.2) is 15.4 Å². The highest BCUT2D eigenvalue weighted by Gasteiger charge is 2.15. The van der Waals surface area contributed by atoms with Crippen LogP contribution in [0.1, 0.15) is 11.1 Å². The molecule has 0 aliphatic carbocycles. The van der Waals surface area contributed by atoms with Crippen molar-refractivity contribution in [3.05, 3.63) is 88.2 Å². The minimum Gasteiger partial charge on any atom is -0.332 e. The summed E-state index contributed by atoms with van der Waals surface area (Å²) in [7, 11) is 0. The lowest BCUT2D eigenvalue weighted by Crippen LogP contribution is -2.34. The van der Waals surface area contributed by atoms with E-state index in [0.717, 1.165) is 11.1 Å². The number of hydrogen-bond donors (Lipinski definition) is 1. The molecule has 0 unspecified atom stereocenters. The van der Waals surface area contributed by atoms with E-state index in [9.17, 15) is 4.79 Å². The summed E-state index contributed by atoms with van der Waals surface area (Å²) in [4.78, 5) is 15.0. The molecule has 0 saturated heterocycles. The molecule has 1 N–H and O–H groups in total. The third-order valence-corrected chi connectivity index (χ3v) is 4.49. The van der Waals surface area contributed by atoms with Gasteiger partial charge in [-0.25, -0.2) is 0 Å². The Morgan fingerprint density at radius 2 is 1.48 bits per heavy atom. The lowest BCUT2D eigenvalue weighted by Gasteiger charge is -2.23. The summed E-state index contributed by atoms with van der Waals surface area (Å²) in [6.07, 6.45) is 1.79. The number of hydrogen-bond acceptors (Lipinski definition) is 3. The third-order valence-electron chi connectivity index (χ3n) is 3.77. The fourth-order valence-corrected chi connectivity index (χ4v) is 3.11. The smallest absolute Gasteiger partial charge is 0.243 e. The van der Waals surface area contributed by atoms with Crippen molar-refractivity contribution in [3.63, 3.8) is 0 Å². The largest absolute Gasteiger partial charge is 0.332 e. The van der Waals surface area contributed by atoms with E-state index in [4.69, 9.17) is 5.41 Å². The highest BCUT2D eigenvalue weighted by Crippen LogP contribution is 2.11. The maximum atomic E-state index is 12.8. The topological polar surface area (TPSA) is 49.1 Å². The number of nitrogens with one attached hydrogen (secondary N) is 1.